The molecule has 0 fully saturated rings. The van der Waals surface area contributed by atoms with Crippen LogP contribution in [0.15, 0.2) is 30.3 Å². The van der Waals surface area contributed by atoms with E-state index in [1.807, 2.05) is 41.8 Å². The minimum absolute atomic E-state index is 0.0942. The van der Waals surface area contributed by atoms with E-state index in [1.54, 1.807) is 4.90 Å². The van der Waals surface area contributed by atoms with Crippen molar-refractivity contribution in [2.75, 3.05) is 13.1 Å². The molecule has 0 saturated heterocycles. The summed E-state index contributed by atoms with van der Waals surface area (Å²) in [5.41, 5.74) is 2.43. The second-order valence-electron chi connectivity index (χ2n) is 8.08. The molecule has 156 valence electrons. The van der Waals surface area contributed by atoms with Crippen LogP contribution in [0.1, 0.15) is 72.4 Å². The summed E-state index contributed by atoms with van der Waals surface area (Å²) in [5.74, 6) is 0.627. The van der Waals surface area contributed by atoms with Crippen LogP contribution in [0.25, 0.3) is 0 Å². The number of nitrogens with zero attached hydrogens (tertiary/aromatic N) is 3. The van der Waals surface area contributed by atoms with Crippen LogP contribution in [0.3, 0.4) is 0 Å². The van der Waals surface area contributed by atoms with Crippen molar-refractivity contribution in [2.24, 2.45) is 5.92 Å². The van der Waals surface area contributed by atoms with Crippen LogP contribution >= 0.6 is 0 Å². The molecule has 6 nitrogen and oxygen atoms in total. The minimum Gasteiger partial charge on any atom is -0.349 e. The molecule has 3 rings (SSSR count). The van der Waals surface area contributed by atoms with Gasteiger partial charge in [0.25, 0.3) is 11.8 Å². The van der Waals surface area contributed by atoms with Crippen molar-refractivity contribution >= 4 is 11.8 Å². The van der Waals surface area contributed by atoms with Gasteiger partial charge in [-0.3, -0.25) is 9.59 Å². The molecule has 6 heteroatoms. The molecule has 2 amide bonds. The Morgan fingerprint density at radius 1 is 1.21 bits per heavy atom. The largest absolute Gasteiger partial charge is 0.349 e. The molecule has 1 N–H and O–H groups in total. The Kier molecular flexibility index (Phi) is 7.07. The Morgan fingerprint density at radius 3 is 2.66 bits per heavy atom. The molecule has 1 aliphatic heterocycles. The minimum atomic E-state index is -0.182. The first kappa shape index (κ1) is 21.1. The average Bonchev–Trinajstić information content (AvgIpc) is 3.12. The Labute approximate surface area is 173 Å². The molecular weight excluding hydrogens is 364 g/mol. The van der Waals surface area contributed by atoms with Crippen LogP contribution in [0.4, 0.5) is 0 Å². The van der Waals surface area contributed by atoms with Crippen LogP contribution in [0.5, 0.6) is 0 Å². The summed E-state index contributed by atoms with van der Waals surface area (Å²) in [5, 5.41) is 2.97. The average molecular weight is 397 g/mol. The van der Waals surface area contributed by atoms with Crippen molar-refractivity contribution in [3.63, 3.8) is 0 Å². The van der Waals surface area contributed by atoms with E-state index < -0.39 is 0 Å². The zero-order valence-electron chi connectivity index (χ0n) is 17.8. The van der Waals surface area contributed by atoms with Gasteiger partial charge in [-0.2, -0.15) is 0 Å². The van der Waals surface area contributed by atoms with E-state index in [1.165, 1.54) is 0 Å². The summed E-state index contributed by atoms with van der Waals surface area (Å²) < 4.78 is 1.96. The maximum absolute atomic E-state index is 13.3. The quantitative estimate of drug-likeness (QED) is 0.740. The van der Waals surface area contributed by atoms with Crippen molar-refractivity contribution in [2.45, 2.75) is 59.5 Å². The fraction of sp³-hybridized carbons (Fsp3) is 0.522. The van der Waals surface area contributed by atoms with Crippen molar-refractivity contribution in [3.8, 4) is 0 Å². The van der Waals surface area contributed by atoms with Gasteiger partial charge in [0.2, 0.25) is 0 Å². The lowest BCUT2D eigenvalue weighted by Crippen LogP contribution is -2.31. The van der Waals surface area contributed by atoms with Crippen LogP contribution < -0.4 is 5.32 Å². The summed E-state index contributed by atoms with van der Waals surface area (Å²) in [6, 6.07) is 9.97. The third kappa shape index (κ3) is 5.05. The molecule has 0 atom stereocenters. The number of fused-ring (bicyclic) bond motifs is 1. The fourth-order valence-corrected chi connectivity index (χ4v) is 3.72. The molecule has 29 heavy (non-hydrogen) atoms. The predicted molar refractivity (Wildman–Crippen MR) is 114 cm³/mol. The number of aromatic nitrogens is 2. The number of hydrogen-bond donors (Lipinski definition) is 1. The predicted octanol–water partition coefficient (Wildman–Crippen LogP) is 3.66. The lowest BCUT2D eigenvalue weighted by molar-refractivity contribution is 0.0745. The SMILES string of the molecule is CCN(Cc1ccccc1)C(=O)c1nc(C(=O)NCCC(C)C)n2c1CCCC2. The summed E-state index contributed by atoms with van der Waals surface area (Å²) in [6.45, 7) is 8.74. The lowest BCUT2D eigenvalue weighted by Gasteiger charge is -2.22. The zero-order chi connectivity index (χ0) is 20.8. The van der Waals surface area contributed by atoms with Crippen LogP contribution in [-0.2, 0) is 19.5 Å². The molecule has 0 bridgehead atoms. The Balaban J connectivity index is 1.83. The number of amides is 2. The molecule has 0 unspecified atom stereocenters. The third-order valence-electron chi connectivity index (χ3n) is 5.42. The number of rotatable bonds is 8. The Hall–Kier alpha value is -2.63. The zero-order valence-corrected chi connectivity index (χ0v) is 17.8. The number of nitrogens with one attached hydrogen (secondary N) is 1. The molecule has 0 saturated carbocycles. The molecule has 0 aliphatic carbocycles. The van der Waals surface area contributed by atoms with Crippen molar-refractivity contribution in [3.05, 3.63) is 53.1 Å². The van der Waals surface area contributed by atoms with Gasteiger partial charge in [-0.25, -0.2) is 4.98 Å². The van der Waals surface area contributed by atoms with Crippen molar-refractivity contribution in [1.82, 2.24) is 19.8 Å². The van der Waals surface area contributed by atoms with E-state index >= 15 is 0 Å². The van der Waals surface area contributed by atoms with Gasteiger partial charge in [0.05, 0.1) is 5.69 Å². The second kappa shape index (κ2) is 9.72. The van der Waals surface area contributed by atoms with Crippen molar-refractivity contribution in [1.29, 1.82) is 0 Å². The molecular formula is C23H32N4O2. The normalized spacial score (nSPS) is 13.2. The Bertz CT molecular complexity index is 842. The highest BCUT2D eigenvalue weighted by Crippen LogP contribution is 2.23. The van der Waals surface area contributed by atoms with E-state index in [0.29, 0.717) is 37.1 Å². The topological polar surface area (TPSA) is 67.2 Å². The van der Waals surface area contributed by atoms with Gasteiger partial charge in [0.15, 0.2) is 5.82 Å². The summed E-state index contributed by atoms with van der Waals surface area (Å²) in [4.78, 5) is 32.4. The third-order valence-corrected chi connectivity index (χ3v) is 5.42. The summed E-state index contributed by atoms with van der Waals surface area (Å²) in [6.07, 6.45) is 3.73. The number of imidazole rings is 1. The summed E-state index contributed by atoms with van der Waals surface area (Å²) >= 11 is 0. The number of benzene rings is 1. The van der Waals surface area contributed by atoms with Crippen LogP contribution in [-0.4, -0.2) is 39.4 Å². The highest BCUT2D eigenvalue weighted by molar-refractivity contribution is 5.97. The molecule has 2 aromatic rings. The van der Waals surface area contributed by atoms with Gasteiger partial charge in [-0.15, -0.1) is 0 Å². The molecule has 1 aromatic carbocycles. The van der Waals surface area contributed by atoms with E-state index in [2.05, 4.69) is 24.1 Å². The van der Waals surface area contributed by atoms with Gasteiger partial charge in [-0.1, -0.05) is 44.2 Å². The second-order valence-corrected chi connectivity index (χ2v) is 8.08. The number of hydrogen-bond acceptors (Lipinski definition) is 3. The van der Waals surface area contributed by atoms with E-state index in [9.17, 15) is 9.59 Å². The first-order chi connectivity index (χ1) is 14.0. The first-order valence-corrected chi connectivity index (χ1v) is 10.7. The van der Waals surface area contributed by atoms with Gasteiger partial charge in [-0.05, 0) is 44.1 Å². The van der Waals surface area contributed by atoms with Gasteiger partial charge in [0, 0.05) is 26.2 Å². The molecule has 2 heterocycles. The highest BCUT2D eigenvalue weighted by Gasteiger charge is 2.29. The standard InChI is InChI=1S/C23H32N4O2/c1-4-26(16-18-10-6-5-7-11-18)23(29)20-19-12-8-9-15-27(19)21(25-20)22(28)24-14-13-17(2)3/h5-7,10-11,17H,4,8-9,12-16H2,1-3H3,(H,24,28). The smallest absolute Gasteiger partial charge is 0.287 e. The number of carbonyl (C=O) groups excluding carboxylic acids is 2. The maximum atomic E-state index is 13.3. The van der Waals surface area contributed by atoms with Gasteiger partial charge < -0.3 is 14.8 Å². The fourth-order valence-electron chi connectivity index (χ4n) is 3.72. The van der Waals surface area contributed by atoms with Crippen molar-refractivity contribution < 1.29 is 9.59 Å². The van der Waals surface area contributed by atoms with Crippen LogP contribution in [0.2, 0.25) is 0 Å². The van der Waals surface area contributed by atoms with E-state index in [4.69, 9.17) is 0 Å². The van der Waals surface area contributed by atoms with Gasteiger partial charge >= 0.3 is 0 Å². The number of carbonyl (C=O) groups is 2. The first-order valence-electron chi connectivity index (χ1n) is 10.7. The lowest BCUT2D eigenvalue weighted by atomic mass is 10.1. The maximum Gasteiger partial charge on any atom is 0.287 e. The monoisotopic (exact) mass is 396 g/mol. The van der Waals surface area contributed by atoms with E-state index in [0.717, 1.165) is 43.5 Å². The molecule has 1 aromatic heterocycles. The molecule has 0 spiro atoms. The molecule has 1 aliphatic rings. The van der Waals surface area contributed by atoms with Gasteiger partial charge in [0.1, 0.15) is 5.69 Å². The van der Waals surface area contributed by atoms with Crippen LogP contribution in [0, 0.1) is 5.92 Å². The highest BCUT2D eigenvalue weighted by atomic mass is 16.2. The summed E-state index contributed by atoms with van der Waals surface area (Å²) in [7, 11) is 0. The molecule has 0 radical (unpaired) electrons. The van der Waals surface area contributed by atoms with E-state index in [-0.39, 0.29) is 11.8 Å². The Morgan fingerprint density at radius 2 is 1.97 bits per heavy atom.